The highest BCUT2D eigenvalue weighted by atomic mass is 32.2. The van der Waals surface area contributed by atoms with Crippen LogP contribution in [0.1, 0.15) is 27.5 Å². The fourth-order valence-corrected chi connectivity index (χ4v) is 6.34. The van der Waals surface area contributed by atoms with Crippen molar-refractivity contribution in [3.63, 3.8) is 0 Å². The number of amides is 2. The second kappa shape index (κ2) is 12.5. The number of aryl methyl sites for hydroxylation is 2. The van der Waals surface area contributed by atoms with Gasteiger partial charge in [-0.3, -0.25) is 14.5 Å². The van der Waals surface area contributed by atoms with Crippen LogP contribution < -0.4 is 10.2 Å². The number of benzene rings is 3. The average Bonchev–Trinajstić information content (AvgIpc) is 3.26. The molecule has 0 aliphatic carbocycles. The number of thioether (sulfide) groups is 1. The lowest BCUT2D eigenvalue weighted by atomic mass is 9.99. The molecule has 0 saturated heterocycles. The Morgan fingerprint density at radius 3 is 2.52 bits per heavy atom. The number of fused-ring (bicyclic) bond motifs is 1. The minimum atomic E-state index is -0.709. The summed E-state index contributed by atoms with van der Waals surface area (Å²) in [5, 5.41) is 7.24. The Bertz CT molecular complexity index is 1620. The molecule has 1 aliphatic heterocycles. The predicted octanol–water partition coefficient (Wildman–Crippen LogP) is 5.28. The third-order valence-corrected chi connectivity index (χ3v) is 8.38. The van der Waals surface area contributed by atoms with Gasteiger partial charge in [-0.05, 0) is 45.6 Å². The third-order valence-electron chi connectivity index (χ3n) is 7.14. The number of halogens is 2. The smallest absolute Gasteiger partial charge is 0.240 e. The van der Waals surface area contributed by atoms with Crippen molar-refractivity contribution in [2.45, 2.75) is 19.1 Å². The number of hydrogen-bond acceptors (Lipinski definition) is 5. The molecule has 10 heteroatoms. The summed E-state index contributed by atoms with van der Waals surface area (Å²) in [7, 11) is 3.83. The van der Waals surface area contributed by atoms with Gasteiger partial charge in [0.05, 0.1) is 22.4 Å². The highest BCUT2D eigenvalue weighted by molar-refractivity contribution is 8.00. The molecule has 0 spiro atoms. The lowest BCUT2D eigenvalue weighted by molar-refractivity contribution is -0.122. The largest absolute Gasteiger partial charge is 0.353 e. The van der Waals surface area contributed by atoms with Crippen LogP contribution in [0.3, 0.4) is 0 Å². The van der Waals surface area contributed by atoms with E-state index in [1.807, 2.05) is 81.4 Å². The standard InChI is InChI=1S/C32H33F2N5O2S/c1-20-10-13-26(21(2)16-20)39-32-29(30(36-39)22-8-6-5-7-9-22)31(24-12-11-23(33)17-25(24)34)42-19-28(41)38(32)18-27(40)35-14-15-37(3)4/h5-13,16-17,31H,14-15,18-19H2,1-4H3,(H,35,40). The van der Waals surface area contributed by atoms with Crippen molar-refractivity contribution >= 4 is 29.4 Å². The molecular weight excluding hydrogens is 556 g/mol. The van der Waals surface area contributed by atoms with E-state index in [0.717, 1.165) is 28.4 Å². The number of nitrogens with one attached hydrogen (secondary N) is 1. The van der Waals surface area contributed by atoms with Crippen molar-refractivity contribution < 1.29 is 18.4 Å². The van der Waals surface area contributed by atoms with E-state index in [1.54, 1.807) is 4.68 Å². The van der Waals surface area contributed by atoms with E-state index in [-0.39, 0.29) is 29.7 Å². The molecule has 0 saturated carbocycles. The van der Waals surface area contributed by atoms with Gasteiger partial charge in [0.1, 0.15) is 24.0 Å². The van der Waals surface area contributed by atoms with Gasteiger partial charge in [0, 0.05) is 35.8 Å². The van der Waals surface area contributed by atoms with Gasteiger partial charge in [-0.25, -0.2) is 13.5 Å². The van der Waals surface area contributed by atoms with Crippen LogP contribution in [0.15, 0.2) is 66.7 Å². The monoisotopic (exact) mass is 589 g/mol. The number of anilines is 1. The summed E-state index contributed by atoms with van der Waals surface area (Å²) in [6, 6.07) is 18.9. The van der Waals surface area contributed by atoms with Crippen LogP contribution in [0.25, 0.3) is 16.9 Å². The summed E-state index contributed by atoms with van der Waals surface area (Å²) in [6.45, 7) is 4.79. The highest BCUT2D eigenvalue weighted by Gasteiger charge is 2.38. The first-order chi connectivity index (χ1) is 20.1. The van der Waals surface area contributed by atoms with Gasteiger partial charge in [-0.2, -0.15) is 5.10 Å². The molecule has 7 nitrogen and oxygen atoms in total. The van der Waals surface area contributed by atoms with E-state index in [4.69, 9.17) is 5.10 Å². The van der Waals surface area contributed by atoms with Crippen LogP contribution >= 0.6 is 11.8 Å². The van der Waals surface area contributed by atoms with E-state index in [9.17, 15) is 14.0 Å². The molecule has 1 unspecified atom stereocenters. The van der Waals surface area contributed by atoms with Gasteiger partial charge in [-0.1, -0.05) is 54.1 Å². The van der Waals surface area contributed by atoms with Crippen molar-refractivity contribution in [2.24, 2.45) is 0 Å². The topological polar surface area (TPSA) is 70.5 Å². The van der Waals surface area contributed by atoms with Crippen molar-refractivity contribution in [2.75, 3.05) is 44.4 Å². The van der Waals surface area contributed by atoms with Crippen molar-refractivity contribution in [3.05, 3.63) is 101 Å². The number of likely N-dealkylation sites (N-methyl/N-ethyl adjacent to an activating group) is 1. The van der Waals surface area contributed by atoms with E-state index >= 15 is 4.39 Å². The normalized spacial score (nSPS) is 15.1. The zero-order valence-corrected chi connectivity index (χ0v) is 24.8. The van der Waals surface area contributed by atoms with Crippen LogP contribution in [0, 0.1) is 25.5 Å². The lowest BCUT2D eigenvalue weighted by Crippen LogP contribution is -2.43. The number of carbonyl (C=O) groups excluding carboxylic acids is 2. The van der Waals surface area contributed by atoms with Gasteiger partial charge < -0.3 is 10.2 Å². The van der Waals surface area contributed by atoms with Crippen LogP contribution in [0.4, 0.5) is 14.6 Å². The average molecular weight is 590 g/mol. The quantitative estimate of drug-likeness (QED) is 0.303. The highest BCUT2D eigenvalue weighted by Crippen LogP contribution is 2.49. The number of rotatable bonds is 8. The molecule has 5 rings (SSSR count). The molecule has 1 aromatic heterocycles. The summed E-state index contributed by atoms with van der Waals surface area (Å²) in [5.74, 6) is -1.63. The Morgan fingerprint density at radius 1 is 1.07 bits per heavy atom. The molecule has 1 aliphatic rings. The second-order valence-corrected chi connectivity index (χ2v) is 11.7. The number of carbonyl (C=O) groups is 2. The summed E-state index contributed by atoms with van der Waals surface area (Å²) >= 11 is 1.24. The van der Waals surface area contributed by atoms with Gasteiger partial charge >= 0.3 is 0 Å². The fraction of sp³-hybridized carbons (Fsp3) is 0.281. The van der Waals surface area contributed by atoms with Gasteiger partial charge in [0.15, 0.2) is 0 Å². The Hall–Kier alpha value is -4.02. The maximum atomic E-state index is 15.4. The molecule has 0 radical (unpaired) electrons. The van der Waals surface area contributed by atoms with E-state index in [0.29, 0.717) is 30.2 Å². The Morgan fingerprint density at radius 2 is 1.83 bits per heavy atom. The van der Waals surface area contributed by atoms with Crippen molar-refractivity contribution in [1.29, 1.82) is 0 Å². The van der Waals surface area contributed by atoms with Crippen molar-refractivity contribution in [3.8, 4) is 16.9 Å². The number of hydrogen-bond donors (Lipinski definition) is 1. The van der Waals surface area contributed by atoms with Gasteiger partial charge in [-0.15, -0.1) is 11.8 Å². The summed E-state index contributed by atoms with van der Waals surface area (Å²) in [4.78, 5) is 30.4. The molecule has 4 aromatic rings. The molecule has 0 bridgehead atoms. The van der Waals surface area contributed by atoms with E-state index in [2.05, 4.69) is 5.32 Å². The first-order valence-corrected chi connectivity index (χ1v) is 14.7. The fourth-order valence-electron chi connectivity index (χ4n) is 5.12. The third kappa shape index (κ3) is 6.10. The summed E-state index contributed by atoms with van der Waals surface area (Å²) in [6.07, 6.45) is 0. The first-order valence-electron chi connectivity index (χ1n) is 13.7. The van der Waals surface area contributed by atoms with Gasteiger partial charge in [0.2, 0.25) is 11.8 Å². The second-order valence-electron chi connectivity index (χ2n) is 10.6. The van der Waals surface area contributed by atoms with Crippen LogP contribution in [-0.4, -0.2) is 66.0 Å². The molecule has 2 heterocycles. The number of aromatic nitrogens is 2. The molecule has 1 atom stereocenters. The Balaban J connectivity index is 1.76. The Labute approximate surface area is 248 Å². The Kier molecular flexibility index (Phi) is 8.74. The van der Waals surface area contributed by atoms with Crippen molar-refractivity contribution in [1.82, 2.24) is 20.0 Å². The summed E-state index contributed by atoms with van der Waals surface area (Å²) < 4.78 is 31.1. The molecule has 42 heavy (non-hydrogen) atoms. The zero-order chi connectivity index (χ0) is 30.0. The van der Waals surface area contributed by atoms with E-state index < -0.39 is 16.9 Å². The lowest BCUT2D eigenvalue weighted by Gasteiger charge is -2.24. The molecular formula is C32H33F2N5O2S. The minimum Gasteiger partial charge on any atom is -0.353 e. The van der Waals surface area contributed by atoms with E-state index in [1.165, 1.54) is 28.8 Å². The maximum Gasteiger partial charge on any atom is 0.240 e. The minimum absolute atomic E-state index is 0.0117. The zero-order valence-electron chi connectivity index (χ0n) is 24.0. The van der Waals surface area contributed by atoms with Gasteiger partial charge in [0.25, 0.3) is 0 Å². The first kappa shape index (κ1) is 29.5. The summed E-state index contributed by atoms with van der Waals surface area (Å²) in [5.41, 5.74) is 4.87. The SMILES string of the molecule is Cc1ccc(-n2nc(-c3ccccc3)c3c2N(CC(=O)NCCN(C)C)C(=O)CSC3c2ccc(F)cc2F)c(C)c1. The molecule has 0 fully saturated rings. The predicted molar refractivity (Wildman–Crippen MR) is 163 cm³/mol. The number of nitrogens with zero attached hydrogens (tertiary/aromatic N) is 4. The molecule has 1 N–H and O–H groups in total. The molecule has 2 amide bonds. The maximum absolute atomic E-state index is 15.4. The van der Waals surface area contributed by atoms with Crippen LogP contribution in [0.5, 0.6) is 0 Å². The van der Waals surface area contributed by atoms with Crippen LogP contribution in [0.2, 0.25) is 0 Å². The molecule has 3 aromatic carbocycles. The molecule has 218 valence electrons. The van der Waals surface area contributed by atoms with Crippen LogP contribution in [-0.2, 0) is 9.59 Å².